The fourth-order valence-corrected chi connectivity index (χ4v) is 2.46. The highest BCUT2D eigenvalue weighted by Gasteiger charge is 2.37. The lowest BCUT2D eigenvalue weighted by molar-refractivity contribution is -0.384. The van der Waals surface area contributed by atoms with E-state index in [1.54, 1.807) is 0 Å². The van der Waals surface area contributed by atoms with E-state index < -0.39 is 28.4 Å². The molecule has 0 amide bonds. The zero-order valence-corrected chi connectivity index (χ0v) is 13.6. The minimum atomic E-state index is -4.95. The normalized spacial score (nSPS) is 12.2. The summed E-state index contributed by atoms with van der Waals surface area (Å²) in [5.74, 6) is 0. The molecule has 2 aromatic carbocycles. The predicted octanol–water partition coefficient (Wildman–Crippen LogP) is 5.49. The van der Waals surface area contributed by atoms with E-state index >= 15 is 0 Å². The minimum absolute atomic E-state index is 0.0231. The van der Waals surface area contributed by atoms with Gasteiger partial charge >= 0.3 is 12.4 Å². The molecule has 0 spiro atoms. The molecule has 5 nitrogen and oxygen atoms in total. The first kappa shape index (κ1) is 19.4. The van der Waals surface area contributed by atoms with E-state index in [0.29, 0.717) is 17.8 Å². The van der Waals surface area contributed by atoms with Gasteiger partial charge in [0.1, 0.15) is 0 Å². The van der Waals surface area contributed by atoms with Gasteiger partial charge in [0, 0.05) is 23.9 Å². The number of hydrogen-bond acceptors (Lipinski definition) is 3. The summed E-state index contributed by atoms with van der Waals surface area (Å²) in [7, 11) is 0. The number of benzene rings is 2. The minimum Gasteiger partial charge on any atom is -0.258 e. The molecule has 0 radical (unpaired) electrons. The maximum atomic E-state index is 13.0. The average molecular weight is 401 g/mol. The van der Waals surface area contributed by atoms with E-state index in [0.717, 1.165) is 6.20 Å². The lowest BCUT2D eigenvalue weighted by atomic mass is 10.0. The van der Waals surface area contributed by atoms with E-state index in [1.807, 2.05) is 0 Å². The number of hydrogen-bond donors (Lipinski definition) is 0. The molecule has 1 heterocycles. The number of rotatable bonds is 3. The first-order valence-corrected chi connectivity index (χ1v) is 7.54. The zero-order chi connectivity index (χ0) is 20.7. The Morgan fingerprint density at radius 1 is 0.857 bits per heavy atom. The molecule has 0 bridgehead atoms. The van der Waals surface area contributed by atoms with Gasteiger partial charge in [0.25, 0.3) is 5.69 Å². The molecule has 0 saturated heterocycles. The number of non-ortho nitro benzene ring substituents is 1. The molecule has 1 aromatic heterocycles. The first-order chi connectivity index (χ1) is 12.9. The summed E-state index contributed by atoms with van der Waals surface area (Å²) in [6, 6.07) is 6.35. The van der Waals surface area contributed by atoms with E-state index in [-0.39, 0.29) is 22.9 Å². The highest BCUT2D eigenvalue weighted by atomic mass is 19.4. The zero-order valence-electron chi connectivity index (χ0n) is 13.6. The molecule has 0 aliphatic carbocycles. The maximum absolute atomic E-state index is 13.0. The Labute approximate surface area is 153 Å². The molecule has 28 heavy (non-hydrogen) atoms. The van der Waals surface area contributed by atoms with Gasteiger partial charge in [-0.1, -0.05) is 0 Å². The highest BCUT2D eigenvalue weighted by Crippen LogP contribution is 2.38. The van der Waals surface area contributed by atoms with Crippen LogP contribution in [0.25, 0.3) is 16.8 Å². The molecule has 3 rings (SSSR count). The van der Waals surface area contributed by atoms with Crippen molar-refractivity contribution in [2.75, 3.05) is 0 Å². The van der Waals surface area contributed by atoms with Crippen LogP contribution in [0.2, 0.25) is 0 Å². The van der Waals surface area contributed by atoms with Gasteiger partial charge in [-0.25, -0.2) is 4.68 Å². The number of aromatic nitrogens is 2. The van der Waals surface area contributed by atoms with Gasteiger partial charge in [-0.2, -0.15) is 31.4 Å². The maximum Gasteiger partial charge on any atom is 0.416 e. The quantitative estimate of drug-likeness (QED) is 0.332. The smallest absolute Gasteiger partial charge is 0.258 e. The Bertz CT molecular complexity index is 990. The summed E-state index contributed by atoms with van der Waals surface area (Å²) in [4.78, 5) is 10.1. The van der Waals surface area contributed by atoms with Crippen LogP contribution < -0.4 is 0 Å². The second-order valence-corrected chi connectivity index (χ2v) is 5.74. The number of alkyl halides is 6. The lowest BCUT2D eigenvalue weighted by Gasteiger charge is -2.13. The fourth-order valence-electron chi connectivity index (χ4n) is 2.46. The molecule has 3 aromatic rings. The van der Waals surface area contributed by atoms with Gasteiger partial charge in [0.05, 0.1) is 27.9 Å². The summed E-state index contributed by atoms with van der Waals surface area (Å²) < 4.78 is 79.1. The van der Waals surface area contributed by atoms with Crippen LogP contribution in [-0.2, 0) is 12.4 Å². The number of nitrogens with zero attached hydrogens (tertiary/aromatic N) is 3. The summed E-state index contributed by atoms with van der Waals surface area (Å²) in [6.07, 6.45) is -7.57. The van der Waals surface area contributed by atoms with Crippen molar-refractivity contribution in [3.8, 4) is 16.8 Å². The molecule has 0 atom stereocenters. The fraction of sp³-hybridized carbons (Fsp3) is 0.118. The monoisotopic (exact) mass is 401 g/mol. The van der Waals surface area contributed by atoms with Crippen LogP contribution in [0.5, 0.6) is 0 Å². The van der Waals surface area contributed by atoms with Gasteiger partial charge in [-0.15, -0.1) is 0 Å². The number of nitro benzene ring substituents is 1. The molecule has 0 aliphatic heterocycles. The molecular formula is C17H9F6N3O2. The van der Waals surface area contributed by atoms with Crippen molar-refractivity contribution in [1.82, 2.24) is 9.78 Å². The van der Waals surface area contributed by atoms with Crippen molar-refractivity contribution in [1.29, 1.82) is 0 Å². The molecule has 0 saturated carbocycles. The third kappa shape index (κ3) is 3.97. The van der Waals surface area contributed by atoms with E-state index in [2.05, 4.69) is 5.10 Å². The summed E-state index contributed by atoms with van der Waals surface area (Å²) in [6.45, 7) is 0. The van der Waals surface area contributed by atoms with Crippen LogP contribution in [0.15, 0.2) is 54.9 Å². The molecular weight excluding hydrogens is 392 g/mol. The third-order valence-corrected chi connectivity index (χ3v) is 3.83. The lowest BCUT2D eigenvalue weighted by Crippen LogP contribution is -2.11. The van der Waals surface area contributed by atoms with Gasteiger partial charge in [0.15, 0.2) is 0 Å². The first-order valence-electron chi connectivity index (χ1n) is 7.54. The molecule has 0 aliphatic rings. The van der Waals surface area contributed by atoms with Crippen LogP contribution in [0.4, 0.5) is 32.0 Å². The molecule has 0 fully saturated rings. The van der Waals surface area contributed by atoms with Crippen LogP contribution in [0.1, 0.15) is 11.1 Å². The predicted molar refractivity (Wildman–Crippen MR) is 85.7 cm³/mol. The highest BCUT2D eigenvalue weighted by molar-refractivity contribution is 5.65. The Hall–Kier alpha value is -3.37. The van der Waals surface area contributed by atoms with Crippen LogP contribution in [-0.4, -0.2) is 14.7 Å². The Morgan fingerprint density at radius 2 is 1.39 bits per heavy atom. The average Bonchev–Trinajstić information content (AvgIpc) is 3.10. The van der Waals surface area contributed by atoms with Gasteiger partial charge in [-0.05, 0) is 35.9 Å². The molecule has 146 valence electrons. The van der Waals surface area contributed by atoms with Crippen LogP contribution in [0, 0.1) is 10.1 Å². The number of halogens is 6. The summed E-state index contributed by atoms with van der Waals surface area (Å²) >= 11 is 0. The van der Waals surface area contributed by atoms with E-state index in [1.165, 1.54) is 35.1 Å². The standard InChI is InChI=1S/C17H9F6N3O2/c18-16(19,20)12-5-10(6-13(7-12)17(21,22)23)11-8-24-25(9-11)14-1-3-15(4-2-14)26(27)28/h1-9H. The van der Waals surface area contributed by atoms with Crippen molar-refractivity contribution in [3.63, 3.8) is 0 Å². The van der Waals surface area contributed by atoms with Crippen molar-refractivity contribution in [2.45, 2.75) is 12.4 Å². The van der Waals surface area contributed by atoms with Crippen LogP contribution >= 0.6 is 0 Å². The summed E-state index contributed by atoms with van der Waals surface area (Å²) in [5.41, 5.74) is -2.98. The van der Waals surface area contributed by atoms with Crippen molar-refractivity contribution in [2.24, 2.45) is 0 Å². The Morgan fingerprint density at radius 3 is 1.86 bits per heavy atom. The number of nitro groups is 1. The van der Waals surface area contributed by atoms with E-state index in [9.17, 15) is 36.5 Å². The van der Waals surface area contributed by atoms with Crippen LogP contribution in [0.3, 0.4) is 0 Å². The van der Waals surface area contributed by atoms with Crippen molar-refractivity contribution < 1.29 is 31.3 Å². The Balaban J connectivity index is 2.03. The molecule has 11 heteroatoms. The van der Waals surface area contributed by atoms with Gasteiger partial charge in [0.2, 0.25) is 0 Å². The largest absolute Gasteiger partial charge is 0.416 e. The third-order valence-electron chi connectivity index (χ3n) is 3.83. The van der Waals surface area contributed by atoms with Crippen molar-refractivity contribution >= 4 is 5.69 Å². The molecule has 0 N–H and O–H groups in total. The Kier molecular flexibility index (Phi) is 4.61. The van der Waals surface area contributed by atoms with E-state index in [4.69, 9.17) is 0 Å². The second-order valence-electron chi connectivity index (χ2n) is 5.74. The topological polar surface area (TPSA) is 61.0 Å². The SMILES string of the molecule is O=[N+]([O-])c1ccc(-n2cc(-c3cc(C(F)(F)F)cc(C(F)(F)F)c3)cn2)cc1. The second kappa shape index (κ2) is 6.66. The summed E-state index contributed by atoms with van der Waals surface area (Å²) in [5, 5.41) is 14.6. The molecule has 0 unspecified atom stereocenters. The van der Waals surface area contributed by atoms with Crippen molar-refractivity contribution in [3.05, 3.63) is 76.1 Å². The van der Waals surface area contributed by atoms with Gasteiger partial charge in [-0.3, -0.25) is 10.1 Å². The van der Waals surface area contributed by atoms with Gasteiger partial charge < -0.3 is 0 Å².